The molecule has 5 N–H and O–H groups in total. The number of carbonyl (C=O) groups excluding carboxylic acids is 3. The van der Waals surface area contributed by atoms with E-state index in [2.05, 4.69) is 10.6 Å². The number of hydrogen-bond donors (Lipinski definition) is 4. The van der Waals surface area contributed by atoms with Gasteiger partial charge in [-0.3, -0.25) is 14.9 Å². The summed E-state index contributed by atoms with van der Waals surface area (Å²) < 4.78 is 16.7. The molecule has 0 bridgehead atoms. The van der Waals surface area contributed by atoms with Crippen LogP contribution >= 0.6 is 0 Å². The van der Waals surface area contributed by atoms with Crippen LogP contribution in [0.1, 0.15) is 28.9 Å². The molecule has 3 aromatic rings. The van der Waals surface area contributed by atoms with Crippen LogP contribution in [0.15, 0.2) is 84.9 Å². The number of aliphatic hydroxyl groups is 1. The quantitative estimate of drug-likeness (QED) is 0.153. The zero-order chi connectivity index (χ0) is 28.2. The number of aliphatic hydroxyl groups excluding tert-OH is 1. The molecule has 2 atom stereocenters. The van der Waals surface area contributed by atoms with Gasteiger partial charge in [-0.05, 0) is 67.1 Å². The average molecular weight is 534 g/mol. The maximum absolute atomic E-state index is 12.8. The highest BCUT2D eigenvalue weighted by Crippen LogP contribution is 2.27. The Hall–Kier alpha value is -4.67. The van der Waals surface area contributed by atoms with Crippen LogP contribution in [-0.4, -0.2) is 49.3 Å². The lowest BCUT2D eigenvalue weighted by Crippen LogP contribution is -2.27. The van der Waals surface area contributed by atoms with E-state index in [1.807, 2.05) is 0 Å². The average Bonchev–Trinajstić information content (AvgIpc) is 2.93. The Bertz CT molecular complexity index is 1290. The van der Waals surface area contributed by atoms with Crippen LogP contribution in [0.3, 0.4) is 0 Å². The van der Waals surface area contributed by atoms with Crippen LogP contribution in [0.25, 0.3) is 0 Å². The number of para-hydroxylation sites is 2. The summed E-state index contributed by atoms with van der Waals surface area (Å²) in [5.74, 6) is -0.0216. The molecular formula is C29H31N3O7. The van der Waals surface area contributed by atoms with E-state index in [0.717, 1.165) is 0 Å². The first-order valence-electron chi connectivity index (χ1n) is 12.1. The molecular weight excluding hydrogens is 502 g/mol. The van der Waals surface area contributed by atoms with Gasteiger partial charge < -0.3 is 30.4 Å². The number of nitrogens with two attached hydrogens (primary N) is 1. The summed E-state index contributed by atoms with van der Waals surface area (Å²) in [6, 6.07) is 19.9. The van der Waals surface area contributed by atoms with Crippen molar-refractivity contribution in [2.75, 3.05) is 36.7 Å². The molecule has 3 aromatic carbocycles. The summed E-state index contributed by atoms with van der Waals surface area (Å²) in [4.78, 5) is 36.9. The van der Waals surface area contributed by atoms with Crippen molar-refractivity contribution in [1.29, 1.82) is 0 Å². The first-order valence-corrected chi connectivity index (χ1v) is 12.1. The van der Waals surface area contributed by atoms with Crippen LogP contribution in [0.5, 0.6) is 5.75 Å². The van der Waals surface area contributed by atoms with Crippen LogP contribution < -0.4 is 21.1 Å². The van der Waals surface area contributed by atoms with E-state index in [1.165, 1.54) is 26.2 Å². The van der Waals surface area contributed by atoms with E-state index in [9.17, 15) is 14.4 Å². The van der Waals surface area contributed by atoms with Crippen LogP contribution in [0.2, 0.25) is 0 Å². The minimum Gasteiger partial charge on any atom is -0.491 e. The second kappa shape index (κ2) is 14.3. The molecule has 3 rings (SSSR count). The lowest BCUT2D eigenvalue weighted by Gasteiger charge is -2.24. The zero-order valence-corrected chi connectivity index (χ0v) is 21.6. The van der Waals surface area contributed by atoms with Crippen molar-refractivity contribution in [2.45, 2.75) is 19.1 Å². The Balaban J connectivity index is 1.79. The minimum atomic E-state index is -0.954. The molecule has 39 heavy (non-hydrogen) atoms. The summed E-state index contributed by atoms with van der Waals surface area (Å²) in [6.07, 6.45) is 0.175. The monoisotopic (exact) mass is 533 g/mol. The number of carbonyl (C=O) groups is 3. The van der Waals surface area contributed by atoms with Crippen molar-refractivity contribution in [3.05, 3.63) is 96.1 Å². The number of methoxy groups -OCH3 is 1. The zero-order valence-electron chi connectivity index (χ0n) is 21.6. The normalized spacial score (nSPS) is 12.4. The Labute approximate surface area is 226 Å². The summed E-state index contributed by atoms with van der Waals surface area (Å²) >= 11 is 0. The second-order valence-electron chi connectivity index (χ2n) is 8.36. The molecule has 0 saturated heterocycles. The van der Waals surface area contributed by atoms with E-state index in [4.69, 9.17) is 25.1 Å². The molecule has 0 aliphatic rings. The molecule has 10 nitrogen and oxygen atoms in total. The number of hydrogen-bond acceptors (Lipinski definition) is 8. The Morgan fingerprint density at radius 1 is 0.974 bits per heavy atom. The second-order valence-corrected chi connectivity index (χ2v) is 8.36. The van der Waals surface area contributed by atoms with E-state index < -0.39 is 24.2 Å². The van der Waals surface area contributed by atoms with Gasteiger partial charge in [0.05, 0.1) is 18.0 Å². The van der Waals surface area contributed by atoms with Gasteiger partial charge in [0.1, 0.15) is 18.5 Å². The maximum atomic E-state index is 12.8. The number of rotatable bonds is 12. The Kier molecular flexibility index (Phi) is 10.6. The third-order valence-corrected chi connectivity index (χ3v) is 5.57. The summed E-state index contributed by atoms with van der Waals surface area (Å²) in [5, 5.41) is 14.3. The smallest absolute Gasteiger partial charge is 0.412 e. The SMILES string of the molecule is CO[C@H](/C=C/C(=O)Nc1ccccc1N)[C@H](OC(=O)Nc1ccc(C(C)=O)cc1)c1ccc(OCCO)cc1. The first kappa shape index (κ1) is 28.9. The fourth-order valence-corrected chi connectivity index (χ4v) is 3.56. The molecule has 0 aliphatic heterocycles. The highest BCUT2D eigenvalue weighted by Gasteiger charge is 2.26. The van der Waals surface area contributed by atoms with Crippen LogP contribution in [0.4, 0.5) is 21.9 Å². The van der Waals surface area contributed by atoms with Gasteiger partial charge in [0, 0.05) is 24.4 Å². The fraction of sp³-hybridized carbons (Fsp3) is 0.207. The van der Waals surface area contributed by atoms with Crippen molar-refractivity contribution in [1.82, 2.24) is 0 Å². The summed E-state index contributed by atoms with van der Waals surface area (Å²) in [7, 11) is 1.43. The molecule has 10 heteroatoms. The van der Waals surface area contributed by atoms with E-state index >= 15 is 0 Å². The minimum absolute atomic E-state index is 0.0932. The maximum Gasteiger partial charge on any atom is 0.412 e. The van der Waals surface area contributed by atoms with Crippen LogP contribution in [-0.2, 0) is 14.3 Å². The molecule has 0 spiro atoms. The fourth-order valence-electron chi connectivity index (χ4n) is 3.56. The van der Waals surface area contributed by atoms with Crippen molar-refractivity contribution >= 4 is 34.8 Å². The van der Waals surface area contributed by atoms with E-state index in [0.29, 0.717) is 33.9 Å². The number of ether oxygens (including phenoxy) is 3. The van der Waals surface area contributed by atoms with Gasteiger partial charge in [0.2, 0.25) is 5.91 Å². The van der Waals surface area contributed by atoms with E-state index in [-0.39, 0.29) is 19.0 Å². The predicted octanol–water partition coefficient (Wildman–Crippen LogP) is 4.34. The Morgan fingerprint density at radius 3 is 2.28 bits per heavy atom. The van der Waals surface area contributed by atoms with Crippen molar-refractivity contribution in [3.63, 3.8) is 0 Å². The molecule has 0 heterocycles. The molecule has 0 aromatic heterocycles. The molecule has 0 aliphatic carbocycles. The molecule has 0 unspecified atom stereocenters. The summed E-state index contributed by atoms with van der Waals surface area (Å²) in [6.45, 7) is 1.46. The Morgan fingerprint density at radius 2 is 1.67 bits per heavy atom. The lowest BCUT2D eigenvalue weighted by molar-refractivity contribution is -0.112. The van der Waals surface area contributed by atoms with Gasteiger partial charge in [-0.15, -0.1) is 0 Å². The number of amides is 2. The number of benzene rings is 3. The molecule has 204 valence electrons. The third-order valence-electron chi connectivity index (χ3n) is 5.57. The molecule has 0 radical (unpaired) electrons. The highest BCUT2D eigenvalue weighted by atomic mass is 16.6. The summed E-state index contributed by atoms with van der Waals surface area (Å²) in [5.41, 5.74) is 8.28. The lowest BCUT2D eigenvalue weighted by atomic mass is 10.0. The molecule has 2 amide bonds. The van der Waals surface area contributed by atoms with E-state index in [1.54, 1.807) is 72.8 Å². The van der Waals surface area contributed by atoms with Gasteiger partial charge >= 0.3 is 6.09 Å². The van der Waals surface area contributed by atoms with Crippen LogP contribution in [0, 0.1) is 0 Å². The largest absolute Gasteiger partial charge is 0.491 e. The number of ketones is 1. The number of anilines is 3. The highest BCUT2D eigenvalue weighted by molar-refractivity contribution is 6.01. The molecule has 0 saturated carbocycles. The van der Waals surface area contributed by atoms with Gasteiger partial charge in [0.15, 0.2) is 11.9 Å². The standard InChI is InChI=1S/C29H31N3O7/c1-19(34)20-7-11-22(12-8-20)31-29(36)39-28(21-9-13-23(14-10-21)38-18-17-33)26(37-2)15-16-27(35)32-25-6-4-3-5-24(25)30/h3-16,26,28,33H,17-18,30H2,1-2H3,(H,31,36)(H,32,35)/b16-15+/t26-,28-/m1/s1. The number of nitrogens with one attached hydrogen (secondary N) is 2. The van der Waals surface area contributed by atoms with Crippen molar-refractivity contribution < 1.29 is 33.7 Å². The van der Waals surface area contributed by atoms with Gasteiger partial charge in [-0.1, -0.05) is 24.3 Å². The van der Waals surface area contributed by atoms with Gasteiger partial charge in [0.25, 0.3) is 0 Å². The third kappa shape index (κ3) is 8.70. The number of Topliss-reactive ketones (excluding diaryl/α,β-unsaturated/α-hetero) is 1. The van der Waals surface area contributed by atoms with Gasteiger partial charge in [-0.2, -0.15) is 0 Å². The predicted molar refractivity (Wildman–Crippen MR) is 148 cm³/mol. The van der Waals surface area contributed by atoms with Crippen molar-refractivity contribution in [3.8, 4) is 5.75 Å². The van der Waals surface area contributed by atoms with Crippen molar-refractivity contribution in [2.24, 2.45) is 0 Å². The topological polar surface area (TPSA) is 149 Å². The number of nitrogen functional groups attached to an aromatic ring is 1. The van der Waals surface area contributed by atoms with Gasteiger partial charge in [-0.25, -0.2) is 4.79 Å². The molecule has 0 fully saturated rings. The first-order chi connectivity index (χ1) is 18.8.